The first-order chi connectivity index (χ1) is 11.0. The molecule has 0 N–H and O–H groups in total. The molecule has 0 radical (unpaired) electrons. The molecule has 0 unspecified atom stereocenters. The fraction of sp³-hybridized carbons (Fsp3) is 0.353. The number of furan rings is 1. The van der Waals surface area contributed by atoms with Gasteiger partial charge in [-0.3, -0.25) is 0 Å². The van der Waals surface area contributed by atoms with Gasteiger partial charge in [0.2, 0.25) is 0 Å². The summed E-state index contributed by atoms with van der Waals surface area (Å²) < 4.78 is 10.8. The van der Waals surface area contributed by atoms with Crippen molar-refractivity contribution in [1.29, 1.82) is 0 Å². The normalized spacial score (nSPS) is 15.7. The van der Waals surface area contributed by atoms with Gasteiger partial charge in [0.15, 0.2) is 0 Å². The molecule has 0 bridgehead atoms. The number of carbonyl (C=O) groups excluding carboxylic acids is 1. The third-order valence-electron chi connectivity index (χ3n) is 3.94. The van der Waals surface area contributed by atoms with Crippen molar-refractivity contribution in [3.8, 4) is 0 Å². The van der Waals surface area contributed by atoms with E-state index in [0.717, 1.165) is 40.1 Å². The average Bonchev–Trinajstić information content (AvgIpc) is 2.73. The van der Waals surface area contributed by atoms with Crippen molar-refractivity contribution in [3.63, 3.8) is 0 Å². The molecule has 0 spiro atoms. The lowest BCUT2D eigenvalue weighted by atomic mass is 10.0. The van der Waals surface area contributed by atoms with E-state index in [2.05, 4.69) is 4.90 Å². The van der Waals surface area contributed by atoms with Crippen molar-refractivity contribution in [2.45, 2.75) is 19.9 Å². The molecule has 6 heteroatoms. The highest BCUT2D eigenvalue weighted by Gasteiger charge is 2.23. The van der Waals surface area contributed by atoms with Gasteiger partial charge in [0.05, 0.1) is 6.61 Å². The zero-order valence-corrected chi connectivity index (χ0v) is 14.5. The van der Waals surface area contributed by atoms with Gasteiger partial charge >= 0.3 is 5.97 Å². The molecule has 1 aromatic carbocycles. The molecule has 0 amide bonds. The SMILES string of the molecule is CCOC(=O)/C(Cl)=C/c1oc2ccc(Cl)c3c2c1CN(C)CC3. The average molecular weight is 354 g/mol. The molecule has 23 heavy (non-hydrogen) atoms. The summed E-state index contributed by atoms with van der Waals surface area (Å²) in [6, 6.07) is 3.70. The second-order valence-electron chi connectivity index (χ2n) is 5.54. The van der Waals surface area contributed by atoms with E-state index in [-0.39, 0.29) is 11.6 Å². The predicted molar refractivity (Wildman–Crippen MR) is 91.7 cm³/mol. The molecule has 3 rings (SSSR count). The van der Waals surface area contributed by atoms with Gasteiger partial charge in [-0.15, -0.1) is 0 Å². The van der Waals surface area contributed by atoms with E-state index in [1.54, 1.807) is 6.92 Å². The van der Waals surface area contributed by atoms with Crippen LogP contribution < -0.4 is 0 Å². The van der Waals surface area contributed by atoms with Crippen molar-refractivity contribution in [3.05, 3.63) is 39.1 Å². The Hall–Kier alpha value is -1.49. The van der Waals surface area contributed by atoms with Crippen molar-refractivity contribution < 1.29 is 13.9 Å². The van der Waals surface area contributed by atoms with Gasteiger partial charge in [-0.25, -0.2) is 4.79 Å². The highest BCUT2D eigenvalue weighted by atomic mass is 35.5. The van der Waals surface area contributed by atoms with Crippen molar-refractivity contribution in [1.82, 2.24) is 4.90 Å². The van der Waals surface area contributed by atoms with E-state index >= 15 is 0 Å². The van der Waals surface area contributed by atoms with Gasteiger partial charge in [-0.2, -0.15) is 0 Å². The third-order valence-corrected chi connectivity index (χ3v) is 4.55. The lowest BCUT2D eigenvalue weighted by Gasteiger charge is -2.13. The number of likely N-dealkylation sites (N-methyl/N-ethyl adjacent to an activating group) is 1. The van der Waals surface area contributed by atoms with E-state index in [1.807, 2.05) is 19.2 Å². The third kappa shape index (κ3) is 3.11. The Labute approximate surface area is 144 Å². The summed E-state index contributed by atoms with van der Waals surface area (Å²) in [5, 5.41) is 1.77. The van der Waals surface area contributed by atoms with Gasteiger partial charge in [-0.05, 0) is 38.1 Å². The molecule has 2 aromatic rings. The van der Waals surface area contributed by atoms with Gasteiger partial charge in [0, 0.05) is 35.1 Å². The first-order valence-corrected chi connectivity index (χ1v) is 8.22. The van der Waals surface area contributed by atoms with Gasteiger partial charge in [0.25, 0.3) is 0 Å². The van der Waals surface area contributed by atoms with Crippen molar-refractivity contribution in [2.75, 3.05) is 20.2 Å². The van der Waals surface area contributed by atoms with E-state index in [9.17, 15) is 4.79 Å². The molecule has 0 fully saturated rings. The Bertz CT molecular complexity index is 795. The van der Waals surface area contributed by atoms with Crippen LogP contribution in [0.25, 0.3) is 17.0 Å². The minimum Gasteiger partial charge on any atom is -0.462 e. The Morgan fingerprint density at radius 1 is 1.43 bits per heavy atom. The summed E-state index contributed by atoms with van der Waals surface area (Å²) in [7, 11) is 2.04. The molecule has 0 atom stereocenters. The second-order valence-corrected chi connectivity index (χ2v) is 6.36. The monoisotopic (exact) mass is 353 g/mol. The number of benzene rings is 1. The van der Waals surface area contributed by atoms with Crippen LogP contribution in [0.2, 0.25) is 5.02 Å². The van der Waals surface area contributed by atoms with E-state index in [0.29, 0.717) is 12.3 Å². The summed E-state index contributed by atoms with van der Waals surface area (Å²) >= 11 is 12.4. The van der Waals surface area contributed by atoms with Crippen LogP contribution in [0.4, 0.5) is 0 Å². The molecule has 0 saturated heterocycles. The Morgan fingerprint density at radius 3 is 2.96 bits per heavy atom. The fourth-order valence-electron chi connectivity index (χ4n) is 2.86. The van der Waals surface area contributed by atoms with Crippen LogP contribution in [0.5, 0.6) is 0 Å². The molecule has 1 aliphatic rings. The lowest BCUT2D eigenvalue weighted by molar-refractivity contribution is -0.137. The van der Waals surface area contributed by atoms with Crippen molar-refractivity contribution in [2.24, 2.45) is 0 Å². The van der Waals surface area contributed by atoms with E-state index < -0.39 is 5.97 Å². The second kappa shape index (κ2) is 6.56. The number of rotatable bonds is 3. The summed E-state index contributed by atoms with van der Waals surface area (Å²) in [5.74, 6) is 0.0253. The maximum Gasteiger partial charge on any atom is 0.349 e. The highest BCUT2D eigenvalue weighted by molar-refractivity contribution is 6.43. The Kier molecular flexibility index (Phi) is 4.67. The fourth-order valence-corrected chi connectivity index (χ4v) is 3.27. The van der Waals surface area contributed by atoms with Crippen LogP contribution in [0, 0.1) is 0 Å². The molecule has 1 aliphatic heterocycles. The zero-order valence-electron chi connectivity index (χ0n) is 13.0. The summed E-state index contributed by atoms with van der Waals surface area (Å²) in [5.41, 5.74) is 2.84. The van der Waals surface area contributed by atoms with Gasteiger partial charge < -0.3 is 14.1 Å². The van der Waals surface area contributed by atoms with Crippen LogP contribution in [0.3, 0.4) is 0 Å². The summed E-state index contributed by atoms with van der Waals surface area (Å²) in [6.45, 7) is 3.63. The number of nitrogens with zero attached hydrogens (tertiary/aromatic N) is 1. The van der Waals surface area contributed by atoms with Crippen LogP contribution in [-0.2, 0) is 22.5 Å². The van der Waals surface area contributed by atoms with E-state index in [4.69, 9.17) is 32.4 Å². The maximum absolute atomic E-state index is 11.7. The molecule has 0 aliphatic carbocycles. The number of carbonyl (C=O) groups is 1. The zero-order chi connectivity index (χ0) is 16.6. The van der Waals surface area contributed by atoms with Gasteiger partial charge in [-0.1, -0.05) is 23.2 Å². The smallest absolute Gasteiger partial charge is 0.349 e. The summed E-state index contributed by atoms with van der Waals surface area (Å²) in [6.07, 6.45) is 2.39. The number of esters is 1. The topological polar surface area (TPSA) is 42.7 Å². The molecular formula is C17H17Cl2NO3. The quantitative estimate of drug-likeness (QED) is 0.612. The van der Waals surface area contributed by atoms with Crippen LogP contribution in [0.1, 0.15) is 23.8 Å². The Balaban J connectivity index is 2.15. The minimum atomic E-state index is -0.554. The standard InChI is InChI=1S/C17H17Cl2NO3/c1-3-22-17(21)13(19)8-15-11-9-20(2)7-6-10-12(18)4-5-14(23-15)16(10)11/h4-5,8H,3,6-7,9H2,1-2H3/b13-8-. The number of hydrogen-bond acceptors (Lipinski definition) is 4. The molecular weight excluding hydrogens is 337 g/mol. The molecule has 4 nitrogen and oxygen atoms in total. The van der Waals surface area contributed by atoms with E-state index in [1.165, 1.54) is 6.08 Å². The molecule has 122 valence electrons. The Morgan fingerprint density at radius 2 is 2.22 bits per heavy atom. The highest BCUT2D eigenvalue weighted by Crippen LogP contribution is 2.37. The lowest BCUT2D eigenvalue weighted by Crippen LogP contribution is -2.18. The maximum atomic E-state index is 11.7. The largest absolute Gasteiger partial charge is 0.462 e. The number of ether oxygens (including phenoxy) is 1. The molecule has 0 saturated carbocycles. The molecule has 1 aromatic heterocycles. The van der Waals surface area contributed by atoms with Crippen LogP contribution in [-0.4, -0.2) is 31.1 Å². The number of hydrogen-bond donors (Lipinski definition) is 0. The molecule has 2 heterocycles. The predicted octanol–water partition coefficient (Wildman–Crippen LogP) is 4.22. The number of halogens is 2. The van der Waals surface area contributed by atoms with Crippen molar-refractivity contribution >= 4 is 46.2 Å². The first-order valence-electron chi connectivity index (χ1n) is 7.47. The first kappa shape index (κ1) is 16.4. The summed E-state index contributed by atoms with van der Waals surface area (Å²) in [4.78, 5) is 13.9. The van der Waals surface area contributed by atoms with Crippen LogP contribution in [0.15, 0.2) is 21.6 Å². The minimum absolute atomic E-state index is 0.00158. The van der Waals surface area contributed by atoms with Gasteiger partial charge in [0.1, 0.15) is 16.4 Å². The van der Waals surface area contributed by atoms with Crippen LogP contribution >= 0.6 is 23.2 Å².